The summed E-state index contributed by atoms with van der Waals surface area (Å²) in [6, 6.07) is 0. The van der Waals surface area contributed by atoms with E-state index in [2.05, 4.69) is 4.98 Å². The first-order chi connectivity index (χ1) is 8.08. The molecule has 1 aliphatic carbocycles. The second kappa shape index (κ2) is 4.87. The fourth-order valence-electron chi connectivity index (χ4n) is 2.45. The summed E-state index contributed by atoms with van der Waals surface area (Å²) in [6.45, 7) is 2.24. The number of aryl methyl sites for hydroxylation is 2. The van der Waals surface area contributed by atoms with Crippen LogP contribution in [0.25, 0.3) is 0 Å². The number of hydrogen-bond donors (Lipinski definition) is 2. The number of fused-ring (bicyclic) bond motifs is 1. The number of hydrogen-bond acceptors (Lipinski definition) is 3. The third kappa shape index (κ3) is 2.66. The minimum Gasteiger partial charge on any atom is -0.481 e. The first-order valence-corrected chi connectivity index (χ1v) is 6.02. The van der Waals surface area contributed by atoms with Gasteiger partial charge in [-0.3, -0.25) is 4.79 Å². The molecule has 0 amide bonds. The number of aliphatic hydroxyl groups excluding tert-OH is 1. The van der Waals surface area contributed by atoms with E-state index < -0.39 is 12.1 Å². The number of rotatable bonds is 4. The molecule has 0 aliphatic heterocycles. The van der Waals surface area contributed by atoms with Gasteiger partial charge in [-0.15, -0.1) is 0 Å². The van der Waals surface area contributed by atoms with Crippen molar-refractivity contribution in [2.75, 3.05) is 0 Å². The normalized spacial score (nSPS) is 16.6. The molecule has 2 rings (SSSR count). The average molecular weight is 238 g/mol. The summed E-state index contributed by atoms with van der Waals surface area (Å²) < 4.78 is 1.97. The van der Waals surface area contributed by atoms with E-state index in [0.29, 0.717) is 6.54 Å². The second-order valence-corrected chi connectivity index (χ2v) is 4.62. The Hall–Kier alpha value is -1.36. The lowest BCUT2D eigenvalue weighted by atomic mass is 10.0. The Labute approximate surface area is 100 Å². The van der Waals surface area contributed by atoms with Gasteiger partial charge in [0, 0.05) is 5.69 Å². The Balaban J connectivity index is 2.15. The molecule has 0 saturated carbocycles. The van der Waals surface area contributed by atoms with Crippen molar-refractivity contribution in [1.29, 1.82) is 0 Å². The van der Waals surface area contributed by atoms with Crippen molar-refractivity contribution in [2.24, 2.45) is 0 Å². The van der Waals surface area contributed by atoms with Gasteiger partial charge in [0.15, 0.2) is 0 Å². The van der Waals surface area contributed by atoms with Crippen LogP contribution in [0.3, 0.4) is 0 Å². The van der Waals surface area contributed by atoms with E-state index in [4.69, 9.17) is 5.11 Å². The predicted octanol–water partition coefficient (Wildman–Crippen LogP) is 0.906. The molecule has 5 nitrogen and oxygen atoms in total. The average Bonchev–Trinajstić information content (AvgIpc) is 2.55. The van der Waals surface area contributed by atoms with E-state index in [-0.39, 0.29) is 6.42 Å². The lowest BCUT2D eigenvalue weighted by molar-refractivity contribution is -0.139. The number of aliphatic carboxylic acids is 1. The number of carboxylic acid groups (broad SMARTS) is 1. The van der Waals surface area contributed by atoms with Crippen molar-refractivity contribution in [3.63, 3.8) is 0 Å². The van der Waals surface area contributed by atoms with Gasteiger partial charge >= 0.3 is 5.97 Å². The topological polar surface area (TPSA) is 75.3 Å². The number of carbonyl (C=O) groups is 1. The zero-order chi connectivity index (χ0) is 12.4. The summed E-state index contributed by atoms with van der Waals surface area (Å²) in [4.78, 5) is 15.0. The molecule has 0 bridgehead atoms. The maximum atomic E-state index is 10.5. The van der Waals surface area contributed by atoms with Crippen molar-refractivity contribution in [2.45, 2.75) is 51.7 Å². The molecule has 1 aromatic rings. The fraction of sp³-hybridized carbons (Fsp3) is 0.667. The minimum atomic E-state index is -0.968. The molecule has 5 heteroatoms. The fourth-order valence-corrected chi connectivity index (χ4v) is 2.45. The summed E-state index contributed by atoms with van der Waals surface area (Å²) in [5, 5.41) is 18.3. The Bertz CT molecular complexity index is 426. The number of aromatic nitrogens is 2. The van der Waals surface area contributed by atoms with Crippen LogP contribution in [0.5, 0.6) is 0 Å². The molecule has 2 N–H and O–H groups in total. The summed E-state index contributed by atoms with van der Waals surface area (Å²) in [5.41, 5.74) is 2.30. The molecule has 1 unspecified atom stereocenters. The molecular formula is C12H18N2O3. The smallest absolute Gasteiger partial charge is 0.306 e. The standard InChI is InChI=1S/C12H18N2O3/c1-8-13-10-4-2-3-5-11(10)14(8)7-9(15)6-12(16)17/h9,15H,2-7H2,1H3,(H,16,17). The van der Waals surface area contributed by atoms with Crippen molar-refractivity contribution >= 4 is 5.97 Å². The van der Waals surface area contributed by atoms with Gasteiger partial charge in [-0.2, -0.15) is 0 Å². The lowest BCUT2D eigenvalue weighted by Crippen LogP contribution is -2.22. The second-order valence-electron chi connectivity index (χ2n) is 4.62. The highest BCUT2D eigenvalue weighted by atomic mass is 16.4. The van der Waals surface area contributed by atoms with Crippen LogP contribution in [0, 0.1) is 6.92 Å². The Morgan fingerprint density at radius 1 is 1.47 bits per heavy atom. The van der Waals surface area contributed by atoms with Gasteiger partial charge in [0.05, 0.1) is 24.8 Å². The zero-order valence-corrected chi connectivity index (χ0v) is 10.0. The molecule has 0 radical (unpaired) electrons. The molecule has 1 atom stereocenters. The molecule has 17 heavy (non-hydrogen) atoms. The summed E-state index contributed by atoms with van der Waals surface area (Å²) in [6.07, 6.45) is 3.24. The maximum Gasteiger partial charge on any atom is 0.306 e. The van der Waals surface area contributed by atoms with Gasteiger partial charge in [-0.05, 0) is 32.6 Å². The minimum absolute atomic E-state index is 0.216. The van der Waals surface area contributed by atoms with Crippen LogP contribution in [0.4, 0.5) is 0 Å². The van der Waals surface area contributed by atoms with Crippen LogP contribution in [0.15, 0.2) is 0 Å². The van der Waals surface area contributed by atoms with E-state index in [1.54, 1.807) is 0 Å². The molecule has 94 valence electrons. The largest absolute Gasteiger partial charge is 0.481 e. The predicted molar refractivity (Wildman–Crippen MR) is 61.9 cm³/mol. The number of aliphatic hydroxyl groups is 1. The van der Waals surface area contributed by atoms with Gasteiger partial charge in [0.2, 0.25) is 0 Å². The number of nitrogens with zero attached hydrogens (tertiary/aromatic N) is 2. The molecule has 0 aromatic carbocycles. The van der Waals surface area contributed by atoms with Crippen molar-refractivity contribution < 1.29 is 15.0 Å². The lowest BCUT2D eigenvalue weighted by Gasteiger charge is -2.17. The van der Waals surface area contributed by atoms with Crippen LogP contribution in [-0.4, -0.2) is 31.8 Å². The van der Waals surface area contributed by atoms with Crippen LogP contribution < -0.4 is 0 Å². The first-order valence-electron chi connectivity index (χ1n) is 6.02. The summed E-state index contributed by atoms with van der Waals surface area (Å²) >= 11 is 0. The van der Waals surface area contributed by atoms with Crippen LogP contribution in [-0.2, 0) is 24.2 Å². The Kier molecular flexibility index (Phi) is 3.47. The molecule has 0 spiro atoms. The molecule has 1 heterocycles. The third-order valence-electron chi connectivity index (χ3n) is 3.23. The molecule has 1 aliphatic rings. The van der Waals surface area contributed by atoms with Crippen LogP contribution in [0.1, 0.15) is 36.5 Å². The summed E-state index contributed by atoms with van der Waals surface area (Å²) in [7, 11) is 0. The third-order valence-corrected chi connectivity index (χ3v) is 3.23. The molecule has 1 aromatic heterocycles. The highest BCUT2D eigenvalue weighted by molar-refractivity contribution is 5.67. The van der Waals surface area contributed by atoms with E-state index in [1.807, 2.05) is 11.5 Å². The van der Waals surface area contributed by atoms with Crippen molar-refractivity contribution in [1.82, 2.24) is 9.55 Å². The maximum absolute atomic E-state index is 10.5. The van der Waals surface area contributed by atoms with Gasteiger partial charge in [-0.1, -0.05) is 0 Å². The first kappa shape index (κ1) is 12.1. The Morgan fingerprint density at radius 3 is 2.88 bits per heavy atom. The quantitative estimate of drug-likeness (QED) is 0.817. The van der Waals surface area contributed by atoms with Crippen molar-refractivity contribution in [3.05, 3.63) is 17.2 Å². The van der Waals surface area contributed by atoms with E-state index in [1.165, 1.54) is 12.1 Å². The van der Waals surface area contributed by atoms with Crippen LogP contribution in [0.2, 0.25) is 0 Å². The van der Waals surface area contributed by atoms with E-state index in [9.17, 15) is 9.90 Å². The SMILES string of the molecule is Cc1nc2c(n1CC(O)CC(=O)O)CCCC2. The van der Waals surface area contributed by atoms with E-state index >= 15 is 0 Å². The monoisotopic (exact) mass is 238 g/mol. The van der Waals surface area contributed by atoms with Gasteiger partial charge in [0.1, 0.15) is 5.82 Å². The van der Waals surface area contributed by atoms with Gasteiger partial charge < -0.3 is 14.8 Å². The van der Waals surface area contributed by atoms with Gasteiger partial charge in [-0.25, -0.2) is 4.98 Å². The molecular weight excluding hydrogens is 220 g/mol. The van der Waals surface area contributed by atoms with Crippen LogP contribution >= 0.6 is 0 Å². The molecule has 0 saturated heterocycles. The van der Waals surface area contributed by atoms with Gasteiger partial charge in [0.25, 0.3) is 0 Å². The highest BCUT2D eigenvalue weighted by Crippen LogP contribution is 2.22. The highest BCUT2D eigenvalue weighted by Gasteiger charge is 2.20. The molecule has 0 fully saturated rings. The number of imidazole rings is 1. The van der Waals surface area contributed by atoms with E-state index in [0.717, 1.165) is 30.8 Å². The number of carboxylic acids is 1. The van der Waals surface area contributed by atoms with Crippen molar-refractivity contribution in [3.8, 4) is 0 Å². The summed E-state index contributed by atoms with van der Waals surface area (Å²) in [5.74, 6) is -0.0922. The zero-order valence-electron chi connectivity index (χ0n) is 10.0. The Morgan fingerprint density at radius 2 is 2.18 bits per heavy atom.